The number of amides is 1. The van der Waals surface area contributed by atoms with Crippen LogP contribution >= 0.6 is 11.8 Å². The molecule has 1 radical (unpaired) electrons. The van der Waals surface area contributed by atoms with E-state index in [2.05, 4.69) is 5.32 Å². The van der Waals surface area contributed by atoms with Crippen LogP contribution in [0.2, 0.25) is 0 Å². The van der Waals surface area contributed by atoms with Crippen LogP contribution in [0.4, 0.5) is 0 Å². The van der Waals surface area contributed by atoms with Crippen molar-refractivity contribution < 1.29 is 4.79 Å². The van der Waals surface area contributed by atoms with Crippen molar-refractivity contribution in [1.29, 1.82) is 5.41 Å². The maximum atomic E-state index is 10.1. The molecule has 0 unspecified atom stereocenters. The molecule has 1 aliphatic heterocycles. The van der Waals surface area contributed by atoms with E-state index in [0.29, 0.717) is 5.75 Å². The Morgan fingerprint density at radius 3 is 2.71 bits per heavy atom. The Balaban J connectivity index is 2.55. The van der Waals surface area contributed by atoms with Gasteiger partial charge in [-0.1, -0.05) is 11.8 Å². The first-order valence-electron chi connectivity index (χ1n) is 1.75. The fraction of sp³-hybridized carbons (Fsp3) is 0.333. The van der Waals surface area contributed by atoms with Gasteiger partial charge in [0.05, 0.1) is 5.75 Å². The Labute approximate surface area is 45.0 Å². The molecule has 4 heteroatoms. The topological polar surface area (TPSA) is 55.0 Å². The third-order valence-corrected chi connectivity index (χ3v) is 1.31. The van der Waals surface area contributed by atoms with Crippen LogP contribution in [0, 0.1) is 5.41 Å². The lowest BCUT2D eigenvalue weighted by atomic mass is 10.7. The highest BCUT2D eigenvalue weighted by Crippen LogP contribution is 2.06. The standard InChI is InChI=1S/C3H3N2OS/c4-3-5-2(6)1-7-3/h4H,1H2. The molecule has 1 heterocycles. The van der Waals surface area contributed by atoms with Crippen LogP contribution in [0.3, 0.4) is 0 Å². The van der Waals surface area contributed by atoms with Crippen LogP contribution in [0.15, 0.2) is 0 Å². The summed E-state index contributed by atoms with van der Waals surface area (Å²) in [5, 5.41) is 10.2. The molecule has 0 bridgehead atoms. The highest BCUT2D eigenvalue weighted by molar-refractivity contribution is 8.14. The van der Waals surface area contributed by atoms with Crippen molar-refractivity contribution in [2.45, 2.75) is 0 Å². The van der Waals surface area contributed by atoms with Gasteiger partial charge in [0, 0.05) is 0 Å². The van der Waals surface area contributed by atoms with Gasteiger partial charge in [0.2, 0.25) is 0 Å². The summed E-state index contributed by atoms with van der Waals surface area (Å²) in [4.78, 5) is 10.1. The van der Waals surface area contributed by atoms with Gasteiger partial charge in [0.15, 0.2) is 5.17 Å². The maximum absolute atomic E-state index is 10.1. The number of amidine groups is 1. The van der Waals surface area contributed by atoms with E-state index in [-0.39, 0.29) is 11.1 Å². The first-order valence-corrected chi connectivity index (χ1v) is 2.73. The Morgan fingerprint density at radius 1 is 1.86 bits per heavy atom. The van der Waals surface area contributed by atoms with Crippen molar-refractivity contribution in [2.75, 3.05) is 5.75 Å². The molecular weight excluding hydrogens is 112 g/mol. The minimum absolute atomic E-state index is 0.144. The summed E-state index contributed by atoms with van der Waals surface area (Å²) in [6.45, 7) is 0. The second kappa shape index (κ2) is 1.54. The zero-order valence-electron chi connectivity index (χ0n) is 3.47. The second-order valence-electron chi connectivity index (χ2n) is 1.10. The van der Waals surface area contributed by atoms with E-state index in [1.165, 1.54) is 11.8 Å². The van der Waals surface area contributed by atoms with E-state index in [1.807, 2.05) is 0 Å². The normalized spacial score (nSPS) is 20.0. The summed E-state index contributed by atoms with van der Waals surface area (Å²) in [6.07, 6.45) is 0. The minimum Gasteiger partial charge on any atom is -0.277 e. The third kappa shape index (κ3) is 0.928. The minimum atomic E-state index is -0.185. The molecule has 0 atom stereocenters. The van der Waals surface area contributed by atoms with Crippen molar-refractivity contribution in [2.24, 2.45) is 0 Å². The molecule has 3 nitrogen and oxygen atoms in total. The molecule has 0 spiro atoms. The van der Waals surface area contributed by atoms with E-state index < -0.39 is 0 Å². The van der Waals surface area contributed by atoms with Gasteiger partial charge >= 0.3 is 0 Å². The van der Waals surface area contributed by atoms with E-state index >= 15 is 0 Å². The van der Waals surface area contributed by atoms with Gasteiger partial charge in [0.25, 0.3) is 5.91 Å². The van der Waals surface area contributed by atoms with Gasteiger partial charge in [-0.25, -0.2) is 0 Å². The molecule has 0 aromatic heterocycles. The smallest absolute Gasteiger partial charge is 0.258 e. The Kier molecular flexibility index (Phi) is 1.02. The lowest BCUT2D eigenvalue weighted by molar-refractivity contribution is -0.117. The van der Waals surface area contributed by atoms with Crippen molar-refractivity contribution in [3.8, 4) is 0 Å². The van der Waals surface area contributed by atoms with Gasteiger partial charge < -0.3 is 0 Å². The first kappa shape index (κ1) is 4.64. The molecule has 0 aliphatic carbocycles. The van der Waals surface area contributed by atoms with Crippen LogP contribution in [0.1, 0.15) is 0 Å². The quantitative estimate of drug-likeness (QED) is 0.475. The zero-order valence-corrected chi connectivity index (χ0v) is 4.29. The lowest BCUT2D eigenvalue weighted by Gasteiger charge is -1.76. The third-order valence-electron chi connectivity index (χ3n) is 0.559. The molecule has 1 amide bonds. The fourth-order valence-electron chi connectivity index (χ4n) is 0.308. The highest BCUT2D eigenvalue weighted by atomic mass is 32.2. The van der Waals surface area contributed by atoms with E-state index in [4.69, 9.17) is 5.41 Å². The molecule has 1 fully saturated rings. The second-order valence-corrected chi connectivity index (χ2v) is 2.06. The molecular formula is C3H3N2OS. The summed E-state index contributed by atoms with van der Waals surface area (Å²) in [5.74, 6) is 0.175. The average Bonchev–Trinajstić information content (AvgIpc) is 1.87. The van der Waals surface area contributed by atoms with Crippen LogP contribution in [-0.2, 0) is 4.79 Å². The monoisotopic (exact) mass is 115 g/mol. The molecule has 7 heavy (non-hydrogen) atoms. The molecule has 0 aromatic rings. The van der Waals surface area contributed by atoms with Crippen LogP contribution in [0.25, 0.3) is 0 Å². The van der Waals surface area contributed by atoms with Crippen molar-refractivity contribution in [3.63, 3.8) is 0 Å². The predicted molar refractivity (Wildman–Crippen MR) is 27.3 cm³/mol. The van der Waals surface area contributed by atoms with Gasteiger partial charge in [0.1, 0.15) is 0 Å². The number of rotatable bonds is 0. The highest BCUT2D eigenvalue weighted by Gasteiger charge is 2.16. The largest absolute Gasteiger partial charge is 0.277 e. The number of hydrogen-bond acceptors (Lipinski definition) is 3. The Hall–Kier alpha value is -0.510. The fourth-order valence-corrected chi connectivity index (χ4v) is 0.799. The molecule has 1 rings (SSSR count). The Morgan fingerprint density at radius 2 is 2.57 bits per heavy atom. The molecule has 0 saturated carbocycles. The van der Waals surface area contributed by atoms with Gasteiger partial charge in [-0.05, 0) is 0 Å². The first-order chi connectivity index (χ1) is 3.29. The van der Waals surface area contributed by atoms with Crippen LogP contribution in [0.5, 0.6) is 0 Å². The number of nitrogens with one attached hydrogen (secondary N) is 1. The number of carbonyl (C=O) groups excluding carboxylic acids is 1. The van der Waals surface area contributed by atoms with Crippen molar-refractivity contribution in [1.82, 2.24) is 5.32 Å². The summed E-state index contributed by atoms with van der Waals surface area (Å²) >= 11 is 1.17. The number of nitrogens with zero attached hydrogens (tertiary/aromatic N) is 1. The summed E-state index contributed by atoms with van der Waals surface area (Å²) < 4.78 is 0. The zero-order chi connectivity index (χ0) is 5.28. The molecule has 1 N–H and O–H groups in total. The van der Waals surface area contributed by atoms with Crippen molar-refractivity contribution in [3.05, 3.63) is 0 Å². The van der Waals surface area contributed by atoms with E-state index in [0.717, 1.165) is 0 Å². The van der Waals surface area contributed by atoms with Crippen molar-refractivity contribution >= 4 is 22.8 Å². The summed E-state index contributed by atoms with van der Waals surface area (Å²) in [6, 6.07) is 0. The lowest BCUT2D eigenvalue weighted by Crippen LogP contribution is -2.09. The number of thioether (sulfide) groups is 1. The van der Waals surface area contributed by atoms with E-state index in [9.17, 15) is 4.79 Å². The van der Waals surface area contributed by atoms with Gasteiger partial charge in [-0.3, -0.25) is 10.2 Å². The molecule has 1 saturated heterocycles. The molecule has 37 valence electrons. The number of hydrogen-bond donors (Lipinski definition) is 1. The predicted octanol–water partition coefficient (Wildman–Crippen LogP) is -0.201. The molecule has 0 aromatic carbocycles. The SMILES string of the molecule is N=C1[N]C(=O)CS1. The maximum Gasteiger partial charge on any atom is 0.258 e. The summed E-state index contributed by atoms with van der Waals surface area (Å²) in [7, 11) is 0. The average molecular weight is 115 g/mol. The van der Waals surface area contributed by atoms with Gasteiger partial charge in [-0.15, -0.1) is 0 Å². The van der Waals surface area contributed by atoms with Crippen LogP contribution in [-0.4, -0.2) is 16.8 Å². The van der Waals surface area contributed by atoms with Gasteiger partial charge in [-0.2, -0.15) is 5.32 Å². The van der Waals surface area contributed by atoms with Crippen LogP contribution < -0.4 is 5.32 Å². The summed E-state index contributed by atoms with van der Waals surface area (Å²) in [5.41, 5.74) is 0. The Bertz CT molecular complexity index is 108. The number of carbonyl (C=O) groups is 1. The van der Waals surface area contributed by atoms with E-state index in [1.54, 1.807) is 0 Å². The molecule has 1 aliphatic rings.